The number of aromatic nitrogens is 2. The van der Waals surface area contributed by atoms with E-state index < -0.39 is 11.0 Å². The molecule has 0 aliphatic carbocycles. The fourth-order valence-corrected chi connectivity index (χ4v) is 1.65. The van der Waals surface area contributed by atoms with Crippen LogP contribution in [-0.4, -0.2) is 25.9 Å². The minimum absolute atomic E-state index is 0.0100. The maximum Gasteiger partial charge on any atom is 0.313 e. The van der Waals surface area contributed by atoms with E-state index in [9.17, 15) is 15.2 Å². The average molecular weight is 241 g/mol. The molecule has 0 bridgehead atoms. The molecule has 1 heterocycles. The average Bonchev–Trinajstić information content (AvgIpc) is 2.39. The minimum Gasteiger partial charge on any atom is -0.392 e. The smallest absolute Gasteiger partial charge is 0.313 e. The van der Waals surface area contributed by atoms with Gasteiger partial charge in [0.2, 0.25) is 0 Å². The highest BCUT2D eigenvalue weighted by atomic mass is 16.6. The Morgan fingerprint density at radius 1 is 1.53 bits per heavy atom. The molecule has 1 aromatic heterocycles. The molecule has 1 aromatic rings. The van der Waals surface area contributed by atoms with Crippen molar-refractivity contribution >= 4 is 5.69 Å². The van der Waals surface area contributed by atoms with Crippen LogP contribution in [0.15, 0.2) is 0 Å². The second kappa shape index (κ2) is 4.44. The SMILES string of the molecule is Cc1nn(C)c(CC(O)C(C)(C)C)c1[N+](=O)[O-]. The summed E-state index contributed by atoms with van der Waals surface area (Å²) in [6, 6.07) is 0. The predicted octanol–water partition coefficient (Wildman–Crippen LogP) is 1.59. The molecule has 0 amide bonds. The number of rotatable bonds is 3. The van der Waals surface area contributed by atoms with Crippen LogP contribution in [0.4, 0.5) is 5.69 Å². The maximum atomic E-state index is 11.0. The van der Waals surface area contributed by atoms with Crippen molar-refractivity contribution in [3.05, 3.63) is 21.5 Å². The second-order valence-electron chi connectivity index (χ2n) is 5.35. The highest BCUT2D eigenvalue weighted by molar-refractivity contribution is 5.40. The Hall–Kier alpha value is -1.43. The fraction of sp³-hybridized carbons (Fsp3) is 0.727. The maximum absolute atomic E-state index is 11.0. The van der Waals surface area contributed by atoms with Crippen molar-refractivity contribution in [2.75, 3.05) is 0 Å². The van der Waals surface area contributed by atoms with Gasteiger partial charge in [0.1, 0.15) is 11.4 Å². The van der Waals surface area contributed by atoms with Crippen LogP contribution < -0.4 is 0 Å². The molecule has 1 rings (SSSR count). The lowest BCUT2D eigenvalue weighted by Gasteiger charge is -2.25. The number of hydrogen-bond donors (Lipinski definition) is 1. The van der Waals surface area contributed by atoms with Gasteiger partial charge in [-0.3, -0.25) is 14.8 Å². The summed E-state index contributed by atoms with van der Waals surface area (Å²) in [5.74, 6) is 0. The zero-order valence-corrected chi connectivity index (χ0v) is 10.9. The van der Waals surface area contributed by atoms with Crippen molar-refractivity contribution in [2.24, 2.45) is 12.5 Å². The molecule has 0 radical (unpaired) electrons. The van der Waals surface area contributed by atoms with Crippen LogP contribution in [0.1, 0.15) is 32.2 Å². The van der Waals surface area contributed by atoms with Crippen LogP contribution in [0.25, 0.3) is 0 Å². The molecule has 0 saturated heterocycles. The molecule has 17 heavy (non-hydrogen) atoms. The Morgan fingerprint density at radius 3 is 2.47 bits per heavy atom. The summed E-state index contributed by atoms with van der Waals surface area (Å²) < 4.78 is 1.47. The quantitative estimate of drug-likeness (QED) is 0.643. The summed E-state index contributed by atoms with van der Waals surface area (Å²) >= 11 is 0. The first-order valence-corrected chi connectivity index (χ1v) is 5.49. The number of hydrogen-bond acceptors (Lipinski definition) is 4. The first-order chi connectivity index (χ1) is 7.64. The lowest BCUT2D eigenvalue weighted by Crippen LogP contribution is -2.29. The Kier molecular flexibility index (Phi) is 3.56. The van der Waals surface area contributed by atoms with Crippen LogP contribution in [0.5, 0.6) is 0 Å². The summed E-state index contributed by atoms with van der Waals surface area (Å²) in [6.45, 7) is 7.29. The van der Waals surface area contributed by atoms with Crippen molar-refractivity contribution in [3.8, 4) is 0 Å². The Morgan fingerprint density at radius 2 is 2.06 bits per heavy atom. The topological polar surface area (TPSA) is 81.2 Å². The van der Waals surface area contributed by atoms with Gasteiger partial charge in [-0.2, -0.15) is 5.10 Å². The van der Waals surface area contributed by atoms with Gasteiger partial charge in [0.15, 0.2) is 0 Å². The predicted molar refractivity (Wildman–Crippen MR) is 63.8 cm³/mol. The van der Waals surface area contributed by atoms with Gasteiger partial charge in [-0.05, 0) is 12.3 Å². The van der Waals surface area contributed by atoms with Crippen LogP contribution >= 0.6 is 0 Å². The molecule has 0 saturated carbocycles. The first-order valence-electron chi connectivity index (χ1n) is 5.49. The monoisotopic (exact) mass is 241 g/mol. The van der Waals surface area contributed by atoms with E-state index in [1.165, 1.54) is 4.68 Å². The van der Waals surface area contributed by atoms with Gasteiger partial charge in [0.25, 0.3) is 0 Å². The van der Waals surface area contributed by atoms with Crippen molar-refractivity contribution in [1.29, 1.82) is 0 Å². The molecule has 0 aliphatic rings. The molecule has 0 aliphatic heterocycles. The van der Waals surface area contributed by atoms with Crippen LogP contribution in [0, 0.1) is 22.5 Å². The molecular formula is C11H19N3O3. The number of nitrogens with zero attached hydrogens (tertiary/aromatic N) is 3. The normalized spacial score (nSPS) is 13.8. The number of aryl methyl sites for hydroxylation is 2. The van der Waals surface area contributed by atoms with E-state index in [0.29, 0.717) is 11.4 Å². The van der Waals surface area contributed by atoms with Gasteiger partial charge in [0, 0.05) is 13.5 Å². The number of aliphatic hydroxyl groups is 1. The van der Waals surface area contributed by atoms with E-state index in [1.54, 1.807) is 14.0 Å². The number of nitro groups is 1. The second-order valence-corrected chi connectivity index (χ2v) is 5.35. The summed E-state index contributed by atoms with van der Waals surface area (Å²) in [5, 5.41) is 25.0. The van der Waals surface area contributed by atoms with E-state index >= 15 is 0 Å². The summed E-state index contributed by atoms with van der Waals surface area (Å²) in [5.41, 5.74) is 0.547. The molecule has 0 spiro atoms. The molecule has 0 aromatic carbocycles. The summed E-state index contributed by atoms with van der Waals surface area (Å²) in [7, 11) is 1.66. The highest BCUT2D eigenvalue weighted by Crippen LogP contribution is 2.28. The van der Waals surface area contributed by atoms with Gasteiger partial charge in [0.05, 0.1) is 11.0 Å². The summed E-state index contributed by atoms with van der Waals surface area (Å²) in [6.07, 6.45) is -0.409. The minimum atomic E-state index is -0.643. The van der Waals surface area contributed by atoms with Crippen LogP contribution in [-0.2, 0) is 13.5 Å². The Balaban J connectivity index is 3.10. The molecule has 6 heteroatoms. The van der Waals surface area contributed by atoms with Crippen molar-refractivity contribution < 1.29 is 10.0 Å². The molecular weight excluding hydrogens is 222 g/mol. The van der Waals surface area contributed by atoms with Crippen LogP contribution in [0.3, 0.4) is 0 Å². The first kappa shape index (κ1) is 13.6. The standard InChI is InChI=1S/C11H19N3O3/c1-7-10(14(16)17)8(13(5)12-7)6-9(15)11(2,3)4/h9,15H,6H2,1-5H3. The van der Waals surface area contributed by atoms with E-state index in [-0.39, 0.29) is 17.5 Å². The Bertz CT molecular complexity index is 432. The third-order valence-corrected chi connectivity index (χ3v) is 2.88. The molecule has 1 atom stereocenters. The van der Waals surface area contributed by atoms with Gasteiger partial charge in [-0.15, -0.1) is 0 Å². The molecule has 96 valence electrons. The van der Waals surface area contributed by atoms with Crippen molar-refractivity contribution in [2.45, 2.75) is 40.2 Å². The molecule has 0 fully saturated rings. The fourth-order valence-electron chi connectivity index (χ4n) is 1.65. The zero-order chi connectivity index (χ0) is 13.4. The third-order valence-electron chi connectivity index (χ3n) is 2.88. The van der Waals surface area contributed by atoms with Crippen molar-refractivity contribution in [1.82, 2.24) is 9.78 Å². The molecule has 1 N–H and O–H groups in total. The van der Waals surface area contributed by atoms with Gasteiger partial charge >= 0.3 is 5.69 Å². The largest absolute Gasteiger partial charge is 0.392 e. The third kappa shape index (κ3) is 2.82. The lowest BCUT2D eigenvalue weighted by molar-refractivity contribution is -0.386. The van der Waals surface area contributed by atoms with Gasteiger partial charge in [-0.25, -0.2) is 0 Å². The van der Waals surface area contributed by atoms with Crippen LogP contribution in [0.2, 0.25) is 0 Å². The van der Waals surface area contributed by atoms with E-state index in [0.717, 1.165) is 0 Å². The van der Waals surface area contributed by atoms with E-state index in [2.05, 4.69) is 5.10 Å². The molecule has 1 unspecified atom stereocenters. The number of aliphatic hydroxyl groups excluding tert-OH is 1. The van der Waals surface area contributed by atoms with Crippen molar-refractivity contribution in [3.63, 3.8) is 0 Å². The van der Waals surface area contributed by atoms with E-state index in [4.69, 9.17) is 0 Å². The van der Waals surface area contributed by atoms with Gasteiger partial charge in [-0.1, -0.05) is 20.8 Å². The van der Waals surface area contributed by atoms with Gasteiger partial charge < -0.3 is 5.11 Å². The Labute approximate surface area is 100 Å². The molecule has 6 nitrogen and oxygen atoms in total. The summed E-state index contributed by atoms with van der Waals surface area (Å²) in [4.78, 5) is 10.5. The zero-order valence-electron chi connectivity index (χ0n) is 10.9. The highest BCUT2D eigenvalue weighted by Gasteiger charge is 2.30. The lowest BCUT2D eigenvalue weighted by atomic mass is 9.86. The van der Waals surface area contributed by atoms with E-state index in [1.807, 2.05) is 20.8 Å².